The molecule has 0 radical (unpaired) electrons. The lowest BCUT2D eigenvalue weighted by atomic mass is 9.92. The molecule has 2 saturated heterocycles. The molecule has 0 aromatic rings. The summed E-state index contributed by atoms with van der Waals surface area (Å²) in [6.07, 6.45) is 5.91. The van der Waals surface area contributed by atoms with E-state index < -0.39 is 6.04 Å². The number of nitrogens with one attached hydrogen (secondary N) is 3. The predicted octanol–water partition coefficient (Wildman–Crippen LogP) is 0.848. The Kier molecular flexibility index (Phi) is 8.16. The van der Waals surface area contributed by atoms with Crippen LogP contribution in [0.25, 0.3) is 0 Å². The highest BCUT2D eigenvalue weighted by molar-refractivity contribution is 5.83. The van der Waals surface area contributed by atoms with E-state index in [2.05, 4.69) is 22.0 Å². The molecule has 0 aliphatic carbocycles. The maximum Gasteiger partial charge on any atom is 0.238 e. The first-order valence-corrected chi connectivity index (χ1v) is 9.46. The lowest BCUT2D eigenvalue weighted by Gasteiger charge is -2.25. The van der Waals surface area contributed by atoms with Crippen LogP contribution in [0.4, 0.5) is 0 Å². The van der Waals surface area contributed by atoms with Crippen LogP contribution in [0.2, 0.25) is 0 Å². The van der Waals surface area contributed by atoms with Crippen LogP contribution in [0.5, 0.6) is 0 Å². The number of nitrogens with zero attached hydrogens (tertiary/aromatic N) is 1. The highest BCUT2D eigenvalue weighted by Gasteiger charge is 2.28. The number of rotatable bonds is 9. The van der Waals surface area contributed by atoms with E-state index in [1.165, 1.54) is 0 Å². The quantitative estimate of drug-likeness (QED) is 0.572. The van der Waals surface area contributed by atoms with E-state index in [-0.39, 0.29) is 29.9 Å². The molecule has 2 fully saturated rings. The second-order valence-corrected chi connectivity index (χ2v) is 6.94. The van der Waals surface area contributed by atoms with Crippen LogP contribution in [0.15, 0.2) is 0 Å². The van der Waals surface area contributed by atoms with Crippen LogP contribution in [0.1, 0.15) is 51.9 Å². The summed E-state index contributed by atoms with van der Waals surface area (Å²) < 4.78 is 5.58. The van der Waals surface area contributed by atoms with Gasteiger partial charge in [-0.25, -0.2) is 0 Å². The monoisotopic (exact) mass is 350 g/mol. The predicted molar refractivity (Wildman–Crippen MR) is 93.6 cm³/mol. The minimum absolute atomic E-state index is 0.0117. The first kappa shape index (κ1) is 19.7. The number of hydrogen-bond acceptors (Lipinski definition) is 5. The number of piperidine rings is 1. The van der Waals surface area contributed by atoms with Crippen molar-refractivity contribution in [3.8, 4) is 6.07 Å². The van der Waals surface area contributed by atoms with E-state index in [1.54, 1.807) is 0 Å². The van der Waals surface area contributed by atoms with Crippen LogP contribution in [-0.2, 0) is 14.3 Å². The van der Waals surface area contributed by atoms with E-state index in [9.17, 15) is 14.9 Å². The van der Waals surface area contributed by atoms with Crippen molar-refractivity contribution in [3.63, 3.8) is 0 Å². The standard InChI is InChI=1S/C18H30N4O3/c1-2-5-16(21-12-15-7-4-9-25-15)18(24)22-14(11-19)10-13-6-3-8-20-17(13)23/h13-16,21H,2-10,12H2,1H3,(H,20,23)(H,22,24)/t13-,14-,15-,16-/m0/s1. The van der Waals surface area contributed by atoms with E-state index >= 15 is 0 Å². The molecule has 3 N–H and O–H groups in total. The smallest absolute Gasteiger partial charge is 0.238 e. The van der Waals surface area contributed by atoms with Gasteiger partial charge in [0.1, 0.15) is 6.04 Å². The van der Waals surface area contributed by atoms with Gasteiger partial charge in [-0.2, -0.15) is 5.26 Å². The van der Waals surface area contributed by atoms with E-state index in [4.69, 9.17) is 4.74 Å². The molecule has 2 heterocycles. The Labute approximate surface area is 149 Å². The van der Waals surface area contributed by atoms with Gasteiger partial charge >= 0.3 is 0 Å². The van der Waals surface area contributed by atoms with Gasteiger partial charge in [0.25, 0.3) is 0 Å². The normalized spacial score (nSPS) is 25.7. The average molecular weight is 350 g/mol. The molecule has 7 nitrogen and oxygen atoms in total. The second-order valence-electron chi connectivity index (χ2n) is 6.94. The molecule has 4 atom stereocenters. The zero-order chi connectivity index (χ0) is 18.1. The maximum atomic E-state index is 12.6. The van der Waals surface area contributed by atoms with E-state index in [1.807, 2.05) is 6.92 Å². The fourth-order valence-electron chi connectivity index (χ4n) is 3.45. The molecule has 0 saturated carbocycles. The van der Waals surface area contributed by atoms with Gasteiger partial charge in [0, 0.05) is 25.6 Å². The number of amides is 2. The Bertz CT molecular complexity index is 485. The van der Waals surface area contributed by atoms with Gasteiger partial charge in [0.05, 0.1) is 18.2 Å². The first-order chi connectivity index (χ1) is 12.1. The zero-order valence-electron chi connectivity index (χ0n) is 15.1. The molecular formula is C18H30N4O3. The summed E-state index contributed by atoms with van der Waals surface area (Å²) in [5, 5.41) is 18.3. The van der Waals surface area contributed by atoms with Crippen LogP contribution < -0.4 is 16.0 Å². The molecule has 25 heavy (non-hydrogen) atoms. The van der Waals surface area contributed by atoms with Gasteiger partial charge in [0.2, 0.25) is 11.8 Å². The highest BCUT2D eigenvalue weighted by Crippen LogP contribution is 2.17. The summed E-state index contributed by atoms with van der Waals surface area (Å²) in [6.45, 7) is 4.17. The van der Waals surface area contributed by atoms with Crippen LogP contribution in [0.3, 0.4) is 0 Å². The Morgan fingerprint density at radius 1 is 1.44 bits per heavy atom. The minimum atomic E-state index is -0.634. The first-order valence-electron chi connectivity index (χ1n) is 9.46. The lowest BCUT2D eigenvalue weighted by Crippen LogP contribution is -2.50. The molecule has 2 aliphatic rings. The molecule has 7 heteroatoms. The largest absolute Gasteiger partial charge is 0.377 e. The number of carbonyl (C=O) groups is 2. The Morgan fingerprint density at radius 2 is 2.28 bits per heavy atom. The molecule has 0 bridgehead atoms. The second kappa shape index (κ2) is 10.4. The molecule has 2 rings (SSSR count). The van der Waals surface area contributed by atoms with Gasteiger partial charge in [-0.05, 0) is 38.5 Å². The summed E-state index contributed by atoms with van der Waals surface area (Å²) in [5.41, 5.74) is 0. The van der Waals surface area contributed by atoms with E-state index in [0.717, 1.165) is 38.7 Å². The Hall–Kier alpha value is -1.65. The van der Waals surface area contributed by atoms with Crippen molar-refractivity contribution in [1.82, 2.24) is 16.0 Å². The fraction of sp³-hybridized carbons (Fsp3) is 0.833. The minimum Gasteiger partial charge on any atom is -0.377 e. The Balaban J connectivity index is 1.83. The number of ether oxygens (including phenoxy) is 1. The summed E-state index contributed by atoms with van der Waals surface area (Å²) in [5.74, 6) is -0.367. The van der Waals surface area contributed by atoms with Gasteiger partial charge in [0.15, 0.2) is 0 Å². The van der Waals surface area contributed by atoms with Crippen molar-refractivity contribution in [2.24, 2.45) is 5.92 Å². The van der Waals surface area contributed by atoms with Crippen LogP contribution in [0, 0.1) is 17.2 Å². The zero-order valence-corrected chi connectivity index (χ0v) is 15.1. The molecule has 140 valence electrons. The van der Waals surface area contributed by atoms with E-state index in [0.29, 0.717) is 25.9 Å². The summed E-state index contributed by atoms with van der Waals surface area (Å²) in [7, 11) is 0. The van der Waals surface area contributed by atoms with Crippen molar-refractivity contribution in [3.05, 3.63) is 0 Å². The Morgan fingerprint density at radius 3 is 2.92 bits per heavy atom. The van der Waals surface area contributed by atoms with Gasteiger partial charge in [-0.15, -0.1) is 0 Å². The summed E-state index contributed by atoms with van der Waals surface area (Å²) in [6, 6.07) is 1.17. The number of hydrogen-bond donors (Lipinski definition) is 3. The molecule has 0 aromatic carbocycles. The third-order valence-electron chi connectivity index (χ3n) is 4.90. The number of nitriles is 1. The van der Waals surface area contributed by atoms with Crippen LogP contribution >= 0.6 is 0 Å². The SMILES string of the molecule is CCC[C@H](NC[C@@H]1CCCO1)C(=O)N[C@H](C#N)C[C@@H]1CCCNC1=O. The third-order valence-corrected chi connectivity index (χ3v) is 4.90. The van der Waals surface area contributed by atoms with Crippen molar-refractivity contribution >= 4 is 11.8 Å². The van der Waals surface area contributed by atoms with Crippen molar-refractivity contribution in [2.75, 3.05) is 19.7 Å². The highest BCUT2D eigenvalue weighted by atomic mass is 16.5. The molecule has 2 amide bonds. The average Bonchev–Trinajstić information content (AvgIpc) is 3.13. The van der Waals surface area contributed by atoms with Crippen molar-refractivity contribution in [1.29, 1.82) is 5.26 Å². The number of carbonyl (C=O) groups excluding carboxylic acids is 2. The van der Waals surface area contributed by atoms with Crippen molar-refractivity contribution < 1.29 is 14.3 Å². The molecule has 0 spiro atoms. The summed E-state index contributed by atoms with van der Waals surface area (Å²) in [4.78, 5) is 24.4. The van der Waals surface area contributed by atoms with Gasteiger partial charge < -0.3 is 20.7 Å². The molecule has 0 aromatic heterocycles. The fourth-order valence-corrected chi connectivity index (χ4v) is 3.45. The van der Waals surface area contributed by atoms with Crippen molar-refractivity contribution in [2.45, 2.75) is 70.1 Å². The third kappa shape index (κ3) is 6.29. The van der Waals surface area contributed by atoms with Gasteiger partial charge in [-0.1, -0.05) is 13.3 Å². The molecule has 2 aliphatic heterocycles. The molecular weight excluding hydrogens is 320 g/mol. The van der Waals surface area contributed by atoms with Gasteiger partial charge in [-0.3, -0.25) is 9.59 Å². The topological polar surface area (TPSA) is 103 Å². The lowest BCUT2D eigenvalue weighted by molar-refractivity contribution is -0.128. The van der Waals surface area contributed by atoms with Crippen LogP contribution in [-0.4, -0.2) is 49.7 Å². The summed E-state index contributed by atoms with van der Waals surface area (Å²) >= 11 is 0. The molecule has 0 unspecified atom stereocenters. The maximum absolute atomic E-state index is 12.6.